The number of carbonyl (C=O) groups excluding carboxylic acids is 2. The maximum atomic E-state index is 13.2. The van der Waals surface area contributed by atoms with E-state index < -0.39 is 28.9 Å². The van der Waals surface area contributed by atoms with Crippen LogP contribution in [0.5, 0.6) is 0 Å². The highest BCUT2D eigenvalue weighted by Crippen LogP contribution is 2.20. The molecule has 0 aliphatic rings. The van der Waals surface area contributed by atoms with Gasteiger partial charge >= 0.3 is 5.69 Å². The van der Waals surface area contributed by atoms with E-state index in [0.29, 0.717) is 13.0 Å². The lowest BCUT2D eigenvalue weighted by Gasteiger charge is -2.26. The van der Waals surface area contributed by atoms with E-state index in [4.69, 9.17) is 17.3 Å². The van der Waals surface area contributed by atoms with E-state index in [1.165, 1.54) is 15.5 Å². The van der Waals surface area contributed by atoms with Crippen molar-refractivity contribution in [1.82, 2.24) is 14.9 Å². The second-order valence-corrected chi connectivity index (χ2v) is 8.43. The van der Waals surface area contributed by atoms with Gasteiger partial charge in [-0.2, -0.15) is 0 Å². The van der Waals surface area contributed by atoms with E-state index in [1.807, 2.05) is 20.8 Å². The van der Waals surface area contributed by atoms with Gasteiger partial charge in [-0.15, -0.1) is 0 Å². The van der Waals surface area contributed by atoms with Crippen molar-refractivity contribution >= 4 is 34.9 Å². The highest BCUT2D eigenvalue weighted by Gasteiger charge is 2.25. The third kappa shape index (κ3) is 6.67. The first kappa shape index (κ1) is 26.1. The maximum Gasteiger partial charge on any atom is 0.330 e. The molecule has 1 aromatic carbocycles. The summed E-state index contributed by atoms with van der Waals surface area (Å²) < 4.78 is 14.4. The van der Waals surface area contributed by atoms with Gasteiger partial charge in [0.1, 0.15) is 11.6 Å². The molecule has 0 aliphatic heterocycles. The number of nitrogen functional groups attached to an aromatic ring is 1. The zero-order valence-electron chi connectivity index (χ0n) is 18.9. The Labute approximate surface area is 195 Å². The average Bonchev–Trinajstić information content (AvgIpc) is 2.72. The van der Waals surface area contributed by atoms with Gasteiger partial charge in [0.05, 0.1) is 10.6 Å². The number of nitrogens with zero attached hydrogens (tertiary/aromatic N) is 2. The number of nitrogens with one attached hydrogen (secondary N) is 2. The summed E-state index contributed by atoms with van der Waals surface area (Å²) in [5.41, 5.74) is 4.77. The van der Waals surface area contributed by atoms with E-state index in [9.17, 15) is 23.6 Å². The Morgan fingerprint density at radius 3 is 2.61 bits per heavy atom. The fourth-order valence-electron chi connectivity index (χ4n) is 3.25. The van der Waals surface area contributed by atoms with Gasteiger partial charge in [0.15, 0.2) is 5.69 Å². The van der Waals surface area contributed by atoms with Gasteiger partial charge in [0.2, 0.25) is 5.91 Å². The van der Waals surface area contributed by atoms with Crippen LogP contribution in [-0.2, 0) is 11.3 Å². The number of aromatic amines is 1. The molecule has 33 heavy (non-hydrogen) atoms. The number of H-pyrrole nitrogens is 1. The maximum absolute atomic E-state index is 13.2. The molecule has 2 aromatic rings. The monoisotopic (exact) mass is 481 g/mol. The van der Waals surface area contributed by atoms with Crippen LogP contribution in [0.2, 0.25) is 5.02 Å². The van der Waals surface area contributed by atoms with Crippen molar-refractivity contribution in [2.24, 2.45) is 5.92 Å². The summed E-state index contributed by atoms with van der Waals surface area (Å²) in [5, 5.41) is 2.51. The summed E-state index contributed by atoms with van der Waals surface area (Å²) >= 11 is 5.90. The Balaban J connectivity index is 2.23. The quantitative estimate of drug-likeness (QED) is 0.480. The van der Waals surface area contributed by atoms with Gasteiger partial charge in [-0.25, -0.2) is 9.18 Å². The second kappa shape index (κ2) is 11.6. The third-order valence-electron chi connectivity index (χ3n) is 4.87. The molecule has 11 heteroatoms. The van der Waals surface area contributed by atoms with Crippen LogP contribution in [0.25, 0.3) is 0 Å². The van der Waals surface area contributed by atoms with E-state index in [-0.39, 0.29) is 47.5 Å². The molecular formula is C22H29ClFN5O4. The average molecular weight is 482 g/mol. The zero-order valence-corrected chi connectivity index (χ0v) is 19.7. The third-order valence-corrected chi connectivity index (χ3v) is 5.18. The van der Waals surface area contributed by atoms with E-state index in [0.717, 1.165) is 18.6 Å². The molecule has 0 saturated heterocycles. The van der Waals surface area contributed by atoms with Crippen LogP contribution in [0.15, 0.2) is 27.8 Å². The van der Waals surface area contributed by atoms with E-state index in [1.54, 1.807) is 0 Å². The van der Waals surface area contributed by atoms with Crippen LogP contribution in [0.1, 0.15) is 50.4 Å². The molecule has 2 rings (SSSR count). The molecule has 180 valence electrons. The van der Waals surface area contributed by atoms with Gasteiger partial charge in [-0.05, 0) is 30.5 Å². The summed E-state index contributed by atoms with van der Waals surface area (Å²) in [6, 6.07) is 3.38. The summed E-state index contributed by atoms with van der Waals surface area (Å²) in [7, 11) is 0. The SMILES string of the molecule is CCCCn1c(N)c(N(CC(C)C)C(=O)CCNC(=O)c2ccc(F)cc2Cl)c(=O)[nH]c1=O. The molecule has 9 nitrogen and oxygen atoms in total. The topological polar surface area (TPSA) is 130 Å². The molecule has 1 aromatic heterocycles. The molecule has 4 N–H and O–H groups in total. The first-order valence-electron chi connectivity index (χ1n) is 10.7. The van der Waals surface area contributed by atoms with Crippen LogP contribution in [0.3, 0.4) is 0 Å². The summed E-state index contributed by atoms with van der Waals surface area (Å²) in [6.45, 7) is 6.15. The number of carbonyl (C=O) groups is 2. The van der Waals surface area contributed by atoms with Crippen LogP contribution in [0.4, 0.5) is 15.9 Å². The normalized spacial score (nSPS) is 11.0. The number of hydrogen-bond donors (Lipinski definition) is 3. The highest BCUT2D eigenvalue weighted by molar-refractivity contribution is 6.33. The van der Waals surface area contributed by atoms with Gasteiger partial charge in [0.25, 0.3) is 11.5 Å². The molecule has 0 fully saturated rings. The van der Waals surface area contributed by atoms with Crippen LogP contribution in [0, 0.1) is 11.7 Å². The standard InChI is InChI=1S/C22H29ClFN5O4/c1-4-5-10-28-19(25)18(21(32)27-22(28)33)29(12-13(2)3)17(30)8-9-26-20(31)15-7-6-14(24)11-16(15)23/h6-7,11,13H,4-5,8-10,12,25H2,1-3H3,(H,26,31)(H,27,32,33). The molecule has 1 heterocycles. The first-order chi connectivity index (χ1) is 15.6. The summed E-state index contributed by atoms with van der Waals surface area (Å²) in [5.74, 6) is -1.66. The smallest absolute Gasteiger partial charge is 0.330 e. The lowest BCUT2D eigenvalue weighted by molar-refractivity contribution is -0.118. The summed E-state index contributed by atoms with van der Waals surface area (Å²) in [4.78, 5) is 53.6. The molecule has 0 unspecified atom stereocenters. The van der Waals surface area contributed by atoms with E-state index in [2.05, 4.69) is 10.3 Å². The van der Waals surface area contributed by atoms with Gasteiger partial charge in [-0.1, -0.05) is 38.8 Å². The predicted molar refractivity (Wildman–Crippen MR) is 126 cm³/mol. The molecule has 0 aliphatic carbocycles. The molecule has 0 radical (unpaired) electrons. The number of aromatic nitrogens is 2. The van der Waals surface area contributed by atoms with Gasteiger partial charge in [0, 0.05) is 26.1 Å². The van der Waals surface area contributed by atoms with Crippen LogP contribution >= 0.6 is 11.6 Å². The Kier molecular flexibility index (Phi) is 9.22. The van der Waals surface area contributed by atoms with Crippen LogP contribution in [-0.4, -0.2) is 34.5 Å². The van der Waals surface area contributed by atoms with Crippen molar-refractivity contribution in [3.63, 3.8) is 0 Å². The Morgan fingerprint density at radius 1 is 1.30 bits per heavy atom. The number of amides is 2. The number of rotatable bonds is 10. The van der Waals surface area contributed by atoms with Gasteiger partial charge < -0.3 is 16.0 Å². The fraction of sp³-hybridized carbons (Fsp3) is 0.455. The van der Waals surface area contributed by atoms with Crippen molar-refractivity contribution in [1.29, 1.82) is 0 Å². The molecular weight excluding hydrogens is 453 g/mol. The minimum Gasteiger partial charge on any atom is -0.383 e. The fourth-order valence-corrected chi connectivity index (χ4v) is 3.50. The van der Waals surface area contributed by atoms with Crippen LogP contribution < -0.4 is 27.2 Å². The lowest BCUT2D eigenvalue weighted by atomic mass is 10.1. The zero-order chi connectivity index (χ0) is 24.7. The number of nitrogens with two attached hydrogens (primary N) is 1. The Morgan fingerprint density at radius 2 is 2.00 bits per heavy atom. The Bertz CT molecular complexity index is 1130. The molecule has 0 saturated carbocycles. The number of halogens is 2. The molecule has 0 spiro atoms. The number of hydrogen-bond acceptors (Lipinski definition) is 5. The minimum absolute atomic E-state index is 0.00335. The van der Waals surface area contributed by atoms with Crippen molar-refractivity contribution in [3.8, 4) is 0 Å². The van der Waals surface area contributed by atoms with Crippen molar-refractivity contribution in [2.45, 2.75) is 46.6 Å². The molecule has 2 amide bonds. The van der Waals surface area contributed by atoms with Crippen molar-refractivity contribution < 1.29 is 14.0 Å². The van der Waals surface area contributed by atoms with Crippen molar-refractivity contribution in [2.75, 3.05) is 23.7 Å². The highest BCUT2D eigenvalue weighted by atomic mass is 35.5. The second-order valence-electron chi connectivity index (χ2n) is 8.03. The minimum atomic E-state index is -0.749. The number of unbranched alkanes of at least 4 members (excludes halogenated alkanes) is 1. The largest absolute Gasteiger partial charge is 0.383 e. The number of benzene rings is 1. The first-order valence-corrected chi connectivity index (χ1v) is 11.1. The van der Waals surface area contributed by atoms with Crippen molar-refractivity contribution in [3.05, 3.63) is 55.4 Å². The molecule has 0 bridgehead atoms. The lowest BCUT2D eigenvalue weighted by Crippen LogP contribution is -2.43. The Hall–Kier alpha value is -3.14. The predicted octanol–water partition coefficient (Wildman–Crippen LogP) is 2.52. The van der Waals surface area contributed by atoms with Gasteiger partial charge in [-0.3, -0.25) is 23.9 Å². The van der Waals surface area contributed by atoms with E-state index >= 15 is 0 Å². The molecule has 0 atom stereocenters. The number of anilines is 2. The summed E-state index contributed by atoms with van der Waals surface area (Å²) in [6.07, 6.45) is 1.35.